The molecule has 5 rings (SSSR count). The summed E-state index contributed by atoms with van der Waals surface area (Å²) < 4.78 is 62.9. The lowest BCUT2D eigenvalue weighted by Gasteiger charge is -2.34. The average Bonchev–Trinajstić information content (AvgIpc) is 3.36. The molecule has 238 valence electrons. The van der Waals surface area contributed by atoms with E-state index in [1.54, 1.807) is 33.8 Å². The minimum Gasteiger partial charge on any atom is -0.444 e. The fourth-order valence-electron chi connectivity index (χ4n) is 5.05. The lowest BCUT2D eigenvalue weighted by atomic mass is 10.1. The number of nitrogen functional groups attached to an aromatic ring is 1. The van der Waals surface area contributed by atoms with Crippen molar-refractivity contribution in [2.24, 2.45) is 0 Å². The first kappa shape index (κ1) is 31.5. The number of fused-ring (bicyclic) bond motifs is 1. The molecule has 3 heterocycles. The number of ether oxygens (including phenoxy) is 2. The molecule has 1 atom stereocenters. The Labute approximate surface area is 255 Å². The van der Waals surface area contributed by atoms with Gasteiger partial charge in [-0.05, 0) is 51.3 Å². The van der Waals surface area contributed by atoms with E-state index in [1.807, 2.05) is 20.8 Å². The van der Waals surface area contributed by atoms with Crippen LogP contribution in [0.1, 0.15) is 55.6 Å². The lowest BCUT2D eigenvalue weighted by molar-refractivity contribution is -0.274. The van der Waals surface area contributed by atoms with E-state index in [2.05, 4.69) is 20.0 Å². The summed E-state index contributed by atoms with van der Waals surface area (Å²) in [7, 11) is 0. The van der Waals surface area contributed by atoms with Gasteiger partial charge in [-0.1, -0.05) is 24.3 Å². The molecular formula is C30H31F4N7O4. The van der Waals surface area contributed by atoms with Gasteiger partial charge in [0.05, 0.1) is 17.0 Å². The van der Waals surface area contributed by atoms with Crippen LogP contribution >= 0.6 is 0 Å². The summed E-state index contributed by atoms with van der Waals surface area (Å²) in [4.78, 5) is 35.7. The second-order valence-electron chi connectivity index (χ2n) is 11.5. The van der Waals surface area contributed by atoms with Crippen molar-refractivity contribution in [2.45, 2.75) is 58.2 Å². The fourth-order valence-corrected chi connectivity index (χ4v) is 5.05. The number of carbonyl (C=O) groups excluding carboxylic acids is 2. The van der Waals surface area contributed by atoms with E-state index in [0.29, 0.717) is 47.0 Å². The maximum absolute atomic E-state index is 13.5. The molecule has 0 bridgehead atoms. The highest BCUT2D eigenvalue weighted by Gasteiger charge is 2.34. The van der Waals surface area contributed by atoms with Crippen molar-refractivity contribution in [1.82, 2.24) is 30.0 Å². The topological polar surface area (TPSA) is 137 Å². The van der Waals surface area contributed by atoms with Crippen molar-refractivity contribution in [3.05, 3.63) is 65.7 Å². The fraction of sp³-hybridized carbons (Fsp3) is 0.367. The van der Waals surface area contributed by atoms with Gasteiger partial charge in [-0.2, -0.15) is 5.10 Å². The normalized spacial score (nSPS) is 15.6. The number of nitrogens with one attached hydrogen (secondary N) is 1. The molecule has 11 nitrogen and oxygen atoms in total. The Morgan fingerprint density at radius 1 is 1.09 bits per heavy atom. The van der Waals surface area contributed by atoms with Gasteiger partial charge in [0, 0.05) is 31.3 Å². The van der Waals surface area contributed by atoms with Gasteiger partial charge in [0.2, 0.25) is 0 Å². The molecule has 0 unspecified atom stereocenters. The molecule has 2 aromatic heterocycles. The Morgan fingerprint density at radius 3 is 2.51 bits per heavy atom. The van der Waals surface area contributed by atoms with Gasteiger partial charge in [0.1, 0.15) is 35.0 Å². The minimum atomic E-state index is -5.10. The van der Waals surface area contributed by atoms with Crippen LogP contribution in [0.25, 0.3) is 22.3 Å². The number of hydrogen-bond acceptors (Lipinski definition) is 8. The molecule has 0 radical (unpaired) electrons. The standard InChI is InChI=1S/C30H31F4N7O4/c1-29(2,3)45-28(43)40-12-4-5-20(15-40)41-26-23(25(35)37-16-38-26)24(39-41)18-8-6-17(7-9-18)14-36-27(42)21-11-10-19(31)13-22(21)44-30(32,33)34/h6-11,13,16,20H,4-5,12,14-15H2,1-3H3,(H,36,42)(H2,35,37,38)/t20-/m1/s1. The molecule has 2 aromatic carbocycles. The van der Waals surface area contributed by atoms with Crippen molar-refractivity contribution in [1.29, 1.82) is 0 Å². The van der Waals surface area contributed by atoms with Crippen LogP contribution in [0.15, 0.2) is 48.8 Å². The molecule has 15 heteroatoms. The molecule has 0 spiro atoms. The number of carbonyl (C=O) groups is 2. The summed E-state index contributed by atoms with van der Waals surface area (Å²) in [5, 5.41) is 7.92. The van der Waals surface area contributed by atoms with Crippen LogP contribution in [-0.2, 0) is 11.3 Å². The van der Waals surface area contributed by atoms with Crippen molar-refractivity contribution in [3.8, 4) is 17.0 Å². The Kier molecular flexibility index (Phi) is 8.54. The van der Waals surface area contributed by atoms with Crippen molar-refractivity contribution < 1.29 is 36.6 Å². The predicted molar refractivity (Wildman–Crippen MR) is 156 cm³/mol. The van der Waals surface area contributed by atoms with E-state index >= 15 is 0 Å². The number of halogens is 4. The smallest absolute Gasteiger partial charge is 0.444 e. The van der Waals surface area contributed by atoms with Gasteiger partial charge in [-0.15, -0.1) is 13.2 Å². The largest absolute Gasteiger partial charge is 0.573 e. The first-order valence-corrected chi connectivity index (χ1v) is 14.1. The zero-order valence-corrected chi connectivity index (χ0v) is 24.7. The van der Waals surface area contributed by atoms with Crippen LogP contribution < -0.4 is 15.8 Å². The van der Waals surface area contributed by atoms with Crippen molar-refractivity contribution in [3.63, 3.8) is 0 Å². The maximum atomic E-state index is 13.5. The number of benzene rings is 2. The van der Waals surface area contributed by atoms with E-state index in [4.69, 9.17) is 15.6 Å². The first-order valence-electron chi connectivity index (χ1n) is 14.1. The van der Waals surface area contributed by atoms with Gasteiger partial charge in [-0.25, -0.2) is 23.8 Å². The monoisotopic (exact) mass is 629 g/mol. The summed E-state index contributed by atoms with van der Waals surface area (Å²) in [5.41, 5.74) is 7.51. The van der Waals surface area contributed by atoms with E-state index in [9.17, 15) is 27.2 Å². The number of nitrogens with two attached hydrogens (primary N) is 1. The third-order valence-corrected chi connectivity index (χ3v) is 7.01. The van der Waals surface area contributed by atoms with E-state index in [1.165, 1.54) is 6.33 Å². The average molecular weight is 630 g/mol. The third kappa shape index (κ3) is 7.41. The highest BCUT2D eigenvalue weighted by Crippen LogP contribution is 2.34. The minimum absolute atomic E-state index is 0.0367. The number of piperidine rings is 1. The summed E-state index contributed by atoms with van der Waals surface area (Å²) in [6.45, 7) is 6.33. The Bertz CT molecular complexity index is 1720. The molecule has 1 fully saturated rings. The molecular weight excluding hydrogens is 598 g/mol. The van der Waals surface area contributed by atoms with E-state index in [-0.39, 0.29) is 18.4 Å². The SMILES string of the molecule is CC(C)(C)OC(=O)N1CCC[C@@H](n2nc(-c3ccc(CNC(=O)c4ccc(F)cc4OC(F)(F)F)cc3)c3c(N)ncnc32)C1. The molecule has 1 saturated heterocycles. The lowest BCUT2D eigenvalue weighted by Crippen LogP contribution is -2.43. The zero-order chi connectivity index (χ0) is 32.5. The quantitative estimate of drug-likeness (QED) is 0.263. The molecule has 0 aliphatic carbocycles. The predicted octanol–water partition coefficient (Wildman–Crippen LogP) is 5.62. The van der Waals surface area contributed by atoms with E-state index in [0.717, 1.165) is 25.0 Å². The number of alkyl halides is 3. The van der Waals surface area contributed by atoms with Gasteiger partial charge in [-0.3, -0.25) is 4.79 Å². The van der Waals surface area contributed by atoms with Crippen LogP contribution in [0.5, 0.6) is 5.75 Å². The number of nitrogens with zero attached hydrogens (tertiary/aromatic N) is 5. The van der Waals surface area contributed by atoms with Crippen molar-refractivity contribution in [2.75, 3.05) is 18.8 Å². The molecule has 2 amide bonds. The second-order valence-corrected chi connectivity index (χ2v) is 11.5. The van der Waals surface area contributed by atoms with Gasteiger partial charge >= 0.3 is 12.5 Å². The molecule has 0 saturated carbocycles. The Morgan fingerprint density at radius 2 is 1.82 bits per heavy atom. The number of hydrogen-bond donors (Lipinski definition) is 2. The van der Waals surface area contributed by atoms with Crippen LogP contribution in [-0.4, -0.2) is 61.7 Å². The van der Waals surface area contributed by atoms with Crippen LogP contribution in [0.4, 0.5) is 28.2 Å². The zero-order valence-electron chi connectivity index (χ0n) is 24.7. The summed E-state index contributed by atoms with van der Waals surface area (Å²) in [6.07, 6.45) is -2.65. The summed E-state index contributed by atoms with van der Waals surface area (Å²) in [5.74, 6) is -2.56. The molecule has 45 heavy (non-hydrogen) atoms. The van der Waals surface area contributed by atoms with Crippen LogP contribution in [0.2, 0.25) is 0 Å². The highest BCUT2D eigenvalue weighted by molar-refractivity contribution is 5.98. The molecule has 4 aromatic rings. The van der Waals surface area contributed by atoms with Crippen LogP contribution in [0.3, 0.4) is 0 Å². The molecule has 1 aliphatic heterocycles. The second kappa shape index (κ2) is 12.2. The highest BCUT2D eigenvalue weighted by atomic mass is 19.4. The van der Waals surface area contributed by atoms with Gasteiger partial charge in [0.25, 0.3) is 5.91 Å². The van der Waals surface area contributed by atoms with Gasteiger partial charge in [0.15, 0.2) is 5.65 Å². The number of anilines is 1. The number of aromatic nitrogens is 4. The van der Waals surface area contributed by atoms with Crippen molar-refractivity contribution >= 4 is 28.9 Å². The molecule has 3 N–H and O–H groups in total. The first-order chi connectivity index (χ1) is 21.2. The van der Waals surface area contributed by atoms with E-state index < -0.39 is 41.1 Å². The number of likely N-dealkylation sites (tertiary alicyclic amines) is 1. The number of rotatable bonds is 6. The summed E-state index contributed by atoms with van der Waals surface area (Å²) in [6, 6.07) is 9.03. The summed E-state index contributed by atoms with van der Waals surface area (Å²) >= 11 is 0. The Balaban J connectivity index is 1.35. The van der Waals surface area contributed by atoms with Crippen LogP contribution in [0, 0.1) is 5.82 Å². The van der Waals surface area contributed by atoms with Gasteiger partial charge < -0.3 is 25.4 Å². The maximum Gasteiger partial charge on any atom is 0.573 e. The molecule has 1 aliphatic rings. The number of amides is 2. The third-order valence-electron chi connectivity index (χ3n) is 7.01. The Hall–Kier alpha value is -4.95.